The first-order valence-electron chi connectivity index (χ1n) is 6.43. The topological polar surface area (TPSA) is 94.7 Å². The van der Waals surface area contributed by atoms with E-state index in [4.69, 9.17) is 19.1 Å². The van der Waals surface area contributed by atoms with Gasteiger partial charge in [-0.1, -0.05) is 5.16 Å². The molecule has 1 N–H and O–H groups in total. The number of carboxylic acids is 1. The molecular weight excluding hydrogens is 276 g/mol. The third-order valence-corrected chi connectivity index (χ3v) is 3.51. The molecule has 1 aromatic heterocycles. The van der Waals surface area contributed by atoms with Gasteiger partial charge in [0.05, 0.1) is 26.1 Å². The smallest absolute Gasteiger partial charge is 0.307 e. The summed E-state index contributed by atoms with van der Waals surface area (Å²) in [4.78, 5) is 15.1. The van der Waals surface area contributed by atoms with Crippen molar-refractivity contribution in [1.82, 2.24) is 10.1 Å². The van der Waals surface area contributed by atoms with Gasteiger partial charge >= 0.3 is 5.97 Å². The maximum absolute atomic E-state index is 10.9. The quantitative estimate of drug-likeness (QED) is 0.899. The average Bonchev–Trinajstić information content (AvgIpc) is 3.16. The minimum absolute atomic E-state index is 0.177. The van der Waals surface area contributed by atoms with Gasteiger partial charge < -0.3 is 19.1 Å². The Hall–Kier alpha value is -2.57. The lowest BCUT2D eigenvalue weighted by Crippen LogP contribution is -1.98. The summed E-state index contributed by atoms with van der Waals surface area (Å²) < 4.78 is 15.5. The van der Waals surface area contributed by atoms with E-state index < -0.39 is 11.9 Å². The molecule has 2 aromatic rings. The second-order valence-electron chi connectivity index (χ2n) is 4.81. The molecule has 2 unspecified atom stereocenters. The van der Waals surface area contributed by atoms with Gasteiger partial charge in [0, 0.05) is 5.56 Å². The summed E-state index contributed by atoms with van der Waals surface area (Å²) in [7, 11) is 3.11. The molecule has 7 heteroatoms. The number of benzene rings is 1. The van der Waals surface area contributed by atoms with E-state index in [9.17, 15) is 4.79 Å². The normalized spacial score (nSPS) is 20.1. The number of hydrogen-bond acceptors (Lipinski definition) is 6. The van der Waals surface area contributed by atoms with E-state index in [1.807, 2.05) is 0 Å². The zero-order valence-electron chi connectivity index (χ0n) is 11.6. The number of nitrogens with zero attached hydrogens (tertiary/aromatic N) is 2. The third-order valence-electron chi connectivity index (χ3n) is 3.51. The highest BCUT2D eigenvalue weighted by Gasteiger charge is 2.48. The fraction of sp³-hybridized carbons (Fsp3) is 0.357. The van der Waals surface area contributed by atoms with E-state index in [1.165, 1.54) is 0 Å². The number of aromatic nitrogens is 2. The number of hydrogen-bond donors (Lipinski definition) is 1. The van der Waals surface area contributed by atoms with Crippen molar-refractivity contribution in [1.29, 1.82) is 0 Å². The van der Waals surface area contributed by atoms with E-state index in [1.54, 1.807) is 32.4 Å². The molecule has 1 heterocycles. The maximum atomic E-state index is 10.9. The molecule has 21 heavy (non-hydrogen) atoms. The van der Waals surface area contributed by atoms with Crippen LogP contribution in [0, 0.1) is 5.92 Å². The Kier molecular flexibility index (Phi) is 3.25. The molecule has 1 aliphatic carbocycles. The van der Waals surface area contributed by atoms with Crippen LogP contribution in [-0.4, -0.2) is 35.4 Å². The number of ether oxygens (including phenoxy) is 2. The molecule has 7 nitrogen and oxygen atoms in total. The molecular formula is C14H14N2O5. The Morgan fingerprint density at radius 3 is 2.71 bits per heavy atom. The Labute approximate surface area is 120 Å². The second kappa shape index (κ2) is 5.08. The molecule has 0 bridgehead atoms. The highest BCUT2D eigenvalue weighted by Crippen LogP contribution is 2.47. The average molecular weight is 290 g/mol. The lowest BCUT2D eigenvalue weighted by molar-refractivity contribution is -0.138. The van der Waals surface area contributed by atoms with Crippen LogP contribution in [0.1, 0.15) is 18.2 Å². The van der Waals surface area contributed by atoms with Crippen LogP contribution >= 0.6 is 0 Å². The lowest BCUT2D eigenvalue weighted by atomic mass is 10.2. The minimum Gasteiger partial charge on any atom is -0.493 e. The van der Waals surface area contributed by atoms with Crippen molar-refractivity contribution in [3.8, 4) is 22.9 Å². The Balaban J connectivity index is 1.85. The maximum Gasteiger partial charge on any atom is 0.307 e. The van der Waals surface area contributed by atoms with Crippen molar-refractivity contribution >= 4 is 5.97 Å². The summed E-state index contributed by atoms with van der Waals surface area (Å²) in [6.45, 7) is 0. The lowest BCUT2D eigenvalue weighted by Gasteiger charge is -2.07. The van der Waals surface area contributed by atoms with E-state index >= 15 is 0 Å². The third kappa shape index (κ3) is 2.42. The highest BCUT2D eigenvalue weighted by molar-refractivity contribution is 5.74. The van der Waals surface area contributed by atoms with Gasteiger partial charge in [-0.05, 0) is 24.6 Å². The van der Waals surface area contributed by atoms with Gasteiger partial charge in [0.25, 0.3) is 0 Å². The predicted molar refractivity (Wildman–Crippen MR) is 71.3 cm³/mol. The monoisotopic (exact) mass is 290 g/mol. The van der Waals surface area contributed by atoms with Gasteiger partial charge in [-0.15, -0.1) is 0 Å². The van der Waals surface area contributed by atoms with Crippen LogP contribution in [0.4, 0.5) is 0 Å². The van der Waals surface area contributed by atoms with Gasteiger partial charge in [0.15, 0.2) is 11.5 Å². The molecule has 1 aliphatic rings. The number of carboxylic acid groups (broad SMARTS) is 1. The van der Waals surface area contributed by atoms with Gasteiger partial charge in [-0.25, -0.2) is 0 Å². The summed E-state index contributed by atoms with van der Waals surface area (Å²) in [5.41, 5.74) is 0.718. The first-order chi connectivity index (χ1) is 10.1. The van der Waals surface area contributed by atoms with Crippen molar-refractivity contribution in [2.75, 3.05) is 14.2 Å². The van der Waals surface area contributed by atoms with Gasteiger partial charge in [0.1, 0.15) is 0 Å². The fourth-order valence-corrected chi connectivity index (χ4v) is 2.22. The molecule has 0 aliphatic heterocycles. The van der Waals surface area contributed by atoms with Crippen LogP contribution in [0.25, 0.3) is 11.4 Å². The van der Waals surface area contributed by atoms with Crippen molar-refractivity contribution in [2.45, 2.75) is 12.3 Å². The summed E-state index contributed by atoms with van der Waals surface area (Å²) in [6, 6.07) is 5.29. The summed E-state index contributed by atoms with van der Waals surface area (Å²) >= 11 is 0. The van der Waals surface area contributed by atoms with Gasteiger partial charge in [-0.3, -0.25) is 4.79 Å². The molecule has 0 spiro atoms. The van der Waals surface area contributed by atoms with Crippen molar-refractivity contribution in [2.24, 2.45) is 5.92 Å². The standard InChI is InChI=1S/C14H14N2O5/c1-19-10-4-3-7(5-11(10)20-2)12-15-13(21-16-12)8-6-9(8)14(17)18/h3-5,8-9H,6H2,1-2H3,(H,17,18). The van der Waals surface area contributed by atoms with E-state index in [-0.39, 0.29) is 5.92 Å². The van der Waals surface area contributed by atoms with E-state index in [0.717, 1.165) is 5.56 Å². The van der Waals surface area contributed by atoms with Crippen LogP contribution in [0.3, 0.4) is 0 Å². The van der Waals surface area contributed by atoms with E-state index in [2.05, 4.69) is 10.1 Å². The summed E-state index contributed by atoms with van der Waals surface area (Å²) in [5.74, 6) is 0.530. The van der Waals surface area contributed by atoms with E-state index in [0.29, 0.717) is 29.6 Å². The number of methoxy groups -OCH3 is 2. The SMILES string of the molecule is COc1ccc(-c2noc(C3CC3C(=O)O)n2)cc1OC. The Bertz CT molecular complexity index is 682. The second-order valence-corrected chi connectivity index (χ2v) is 4.81. The zero-order chi connectivity index (χ0) is 15.0. The van der Waals surface area contributed by atoms with Crippen LogP contribution < -0.4 is 9.47 Å². The number of aliphatic carboxylic acids is 1. The summed E-state index contributed by atoms with van der Waals surface area (Å²) in [5, 5.41) is 12.8. The van der Waals surface area contributed by atoms with Gasteiger partial charge in [0.2, 0.25) is 11.7 Å². The van der Waals surface area contributed by atoms with Crippen molar-refractivity contribution in [3.05, 3.63) is 24.1 Å². The molecule has 2 atom stereocenters. The Morgan fingerprint density at radius 1 is 1.33 bits per heavy atom. The highest BCUT2D eigenvalue weighted by atomic mass is 16.5. The molecule has 3 rings (SSSR count). The van der Waals surface area contributed by atoms with Crippen LogP contribution in [0.2, 0.25) is 0 Å². The number of carbonyl (C=O) groups is 1. The zero-order valence-corrected chi connectivity index (χ0v) is 11.6. The molecule has 110 valence electrons. The molecule has 1 aromatic carbocycles. The fourth-order valence-electron chi connectivity index (χ4n) is 2.22. The van der Waals surface area contributed by atoms with Crippen LogP contribution in [0.15, 0.2) is 22.7 Å². The van der Waals surface area contributed by atoms with Crippen molar-refractivity contribution < 1.29 is 23.9 Å². The molecule has 0 amide bonds. The van der Waals surface area contributed by atoms with Crippen LogP contribution in [-0.2, 0) is 4.79 Å². The van der Waals surface area contributed by atoms with Crippen molar-refractivity contribution in [3.63, 3.8) is 0 Å². The molecule has 0 radical (unpaired) electrons. The first-order valence-corrected chi connectivity index (χ1v) is 6.43. The largest absolute Gasteiger partial charge is 0.493 e. The predicted octanol–water partition coefficient (Wildman–Crippen LogP) is 1.94. The molecule has 0 saturated heterocycles. The molecule has 1 saturated carbocycles. The van der Waals surface area contributed by atoms with Crippen LogP contribution in [0.5, 0.6) is 11.5 Å². The Morgan fingerprint density at radius 2 is 2.10 bits per heavy atom. The first kappa shape index (κ1) is 13.4. The van der Waals surface area contributed by atoms with Gasteiger partial charge in [-0.2, -0.15) is 4.98 Å². The number of rotatable bonds is 5. The molecule has 1 fully saturated rings. The summed E-state index contributed by atoms with van der Waals surface area (Å²) in [6.07, 6.45) is 0.545. The minimum atomic E-state index is -0.828.